The van der Waals surface area contributed by atoms with E-state index < -0.39 is 5.97 Å². The van der Waals surface area contributed by atoms with Crippen molar-refractivity contribution in [2.24, 2.45) is 0 Å². The maximum Gasteiger partial charge on any atom is 0.352 e. The average Bonchev–Trinajstić information content (AvgIpc) is 2.66. The fourth-order valence-electron chi connectivity index (χ4n) is 1.84. The standard InChI is InChI=1S/C13H13NO2/c1-9-5-6-11(10(2)8-9)14-7-3-4-12(14)13(15)16/h3-8H,1-2H3,(H,15,16). The minimum absolute atomic E-state index is 0.284. The second-order valence-electron chi connectivity index (χ2n) is 3.86. The number of carbonyl (C=O) groups is 1. The summed E-state index contributed by atoms with van der Waals surface area (Å²) >= 11 is 0. The van der Waals surface area contributed by atoms with Crippen molar-refractivity contribution in [1.29, 1.82) is 0 Å². The average molecular weight is 215 g/mol. The fourth-order valence-corrected chi connectivity index (χ4v) is 1.84. The number of hydrogen-bond donors (Lipinski definition) is 1. The quantitative estimate of drug-likeness (QED) is 0.837. The lowest BCUT2D eigenvalue weighted by Gasteiger charge is -2.10. The van der Waals surface area contributed by atoms with Crippen molar-refractivity contribution < 1.29 is 9.90 Å². The van der Waals surface area contributed by atoms with Gasteiger partial charge in [-0.1, -0.05) is 17.7 Å². The molecule has 1 heterocycles. The first-order chi connectivity index (χ1) is 7.59. The number of rotatable bonds is 2. The molecular formula is C13H13NO2. The van der Waals surface area contributed by atoms with Crippen molar-refractivity contribution in [3.63, 3.8) is 0 Å². The number of carboxylic acids is 1. The van der Waals surface area contributed by atoms with E-state index in [9.17, 15) is 4.79 Å². The third-order valence-corrected chi connectivity index (χ3v) is 2.58. The molecule has 3 nitrogen and oxygen atoms in total. The molecule has 2 rings (SSSR count). The lowest BCUT2D eigenvalue weighted by atomic mass is 10.1. The van der Waals surface area contributed by atoms with Crippen LogP contribution in [0.25, 0.3) is 5.69 Å². The molecule has 0 bridgehead atoms. The Kier molecular flexibility index (Phi) is 2.52. The van der Waals surface area contributed by atoms with Crippen LogP contribution >= 0.6 is 0 Å². The van der Waals surface area contributed by atoms with Crippen molar-refractivity contribution in [2.45, 2.75) is 13.8 Å². The van der Waals surface area contributed by atoms with Gasteiger partial charge in [0.1, 0.15) is 5.69 Å². The van der Waals surface area contributed by atoms with E-state index in [1.54, 1.807) is 22.9 Å². The highest BCUT2D eigenvalue weighted by atomic mass is 16.4. The van der Waals surface area contributed by atoms with Crippen LogP contribution in [0.2, 0.25) is 0 Å². The second-order valence-corrected chi connectivity index (χ2v) is 3.86. The van der Waals surface area contributed by atoms with Crippen LogP contribution in [0.15, 0.2) is 36.5 Å². The molecule has 0 spiro atoms. The lowest BCUT2D eigenvalue weighted by Crippen LogP contribution is -2.06. The zero-order valence-electron chi connectivity index (χ0n) is 9.27. The molecule has 0 aliphatic carbocycles. The van der Waals surface area contributed by atoms with Crippen LogP contribution in [0, 0.1) is 13.8 Å². The number of nitrogens with zero attached hydrogens (tertiary/aromatic N) is 1. The normalized spacial score (nSPS) is 10.4. The molecule has 1 aromatic carbocycles. The summed E-state index contributed by atoms with van der Waals surface area (Å²) in [5, 5.41) is 9.04. The zero-order valence-corrected chi connectivity index (χ0v) is 9.27. The molecule has 0 radical (unpaired) electrons. The van der Waals surface area contributed by atoms with Crippen molar-refractivity contribution >= 4 is 5.97 Å². The van der Waals surface area contributed by atoms with Gasteiger partial charge >= 0.3 is 5.97 Å². The largest absolute Gasteiger partial charge is 0.477 e. The van der Waals surface area contributed by atoms with E-state index in [0.29, 0.717) is 0 Å². The highest BCUT2D eigenvalue weighted by Crippen LogP contribution is 2.18. The molecule has 1 N–H and O–H groups in total. The maximum absolute atomic E-state index is 11.0. The molecule has 0 saturated carbocycles. The van der Waals surface area contributed by atoms with Gasteiger partial charge in [0.05, 0.1) is 0 Å². The first-order valence-electron chi connectivity index (χ1n) is 5.08. The third-order valence-electron chi connectivity index (χ3n) is 2.58. The molecule has 3 heteroatoms. The van der Waals surface area contributed by atoms with Gasteiger partial charge in [0.25, 0.3) is 0 Å². The van der Waals surface area contributed by atoms with E-state index >= 15 is 0 Å². The second kappa shape index (κ2) is 3.85. The van der Waals surface area contributed by atoms with Gasteiger partial charge in [-0.25, -0.2) is 4.79 Å². The SMILES string of the molecule is Cc1ccc(-n2cccc2C(=O)O)c(C)c1. The van der Waals surface area contributed by atoms with E-state index in [1.807, 2.05) is 32.0 Å². The molecule has 0 aliphatic heterocycles. The van der Waals surface area contributed by atoms with Gasteiger partial charge in [-0.15, -0.1) is 0 Å². The predicted molar refractivity (Wildman–Crippen MR) is 62.2 cm³/mol. The number of aromatic nitrogens is 1. The summed E-state index contributed by atoms with van der Waals surface area (Å²) in [6, 6.07) is 9.30. The van der Waals surface area contributed by atoms with Gasteiger partial charge in [0.2, 0.25) is 0 Å². The summed E-state index contributed by atoms with van der Waals surface area (Å²) in [6.45, 7) is 4.00. The Morgan fingerprint density at radius 3 is 2.62 bits per heavy atom. The molecular weight excluding hydrogens is 202 g/mol. The molecule has 0 amide bonds. The van der Waals surface area contributed by atoms with E-state index in [1.165, 1.54) is 5.56 Å². The van der Waals surface area contributed by atoms with E-state index in [2.05, 4.69) is 0 Å². The molecule has 1 aromatic heterocycles. The van der Waals surface area contributed by atoms with Gasteiger partial charge in [-0.3, -0.25) is 0 Å². The van der Waals surface area contributed by atoms with Crippen LogP contribution in [0.3, 0.4) is 0 Å². The monoisotopic (exact) mass is 215 g/mol. The Morgan fingerprint density at radius 1 is 1.25 bits per heavy atom. The fraction of sp³-hybridized carbons (Fsp3) is 0.154. The van der Waals surface area contributed by atoms with Crippen LogP contribution in [0.1, 0.15) is 21.6 Å². The Bertz CT molecular complexity index is 541. The van der Waals surface area contributed by atoms with Crippen molar-refractivity contribution in [3.05, 3.63) is 53.3 Å². The van der Waals surface area contributed by atoms with Gasteiger partial charge in [0.15, 0.2) is 0 Å². The molecule has 0 aliphatic rings. The van der Waals surface area contributed by atoms with Gasteiger partial charge in [0, 0.05) is 11.9 Å². The summed E-state index contributed by atoms with van der Waals surface area (Å²) in [6.07, 6.45) is 1.76. The lowest BCUT2D eigenvalue weighted by molar-refractivity contribution is 0.0688. The molecule has 0 saturated heterocycles. The van der Waals surface area contributed by atoms with Crippen LogP contribution in [0.5, 0.6) is 0 Å². The van der Waals surface area contributed by atoms with Crippen LogP contribution in [-0.2, 0) is 0 Å². The number of aryl methyl sites for hydroxylation is 2. The summed E-state index contributed by atoms with van der Waals surface area (Å²) in [5.74, 6) is -0.912. The van der Waals surface area contributed by atoms with Crippen molar-refractivity contribution in [2.75, 3.05) is 0 Å². The van der Waals surface area contributed by atoms with Crippen LogP contribution < -0.4 is 0 Å². The predicted octanol–water partition coefficient (Wildman–Crippen LogP) is 2.79. The number of carboxylic acid groups (broad SMARTS) is 1. The van der Waals surface area contributed by atoms with Gasteiger partial charge < -0.3 is 9.67 Å². The number of aromatic carboxylic acids is 1. The Morgan fingerprint density at radius 2 is 2.00 bits per heavy atom. The molecule has 0 unspecified atom stereocenters. The summed E-state index contributed by atoms with van der Waals surface area (Å²) < 4.78 is 1.69. The molecule has 82 valence electrons. The first-order valence-corrected chi connectivity index (χ1v) is 5.08. The highest BCUT2D eigenvalue weighted by molar-refractivity contribution is 5.86. The summed E-state index contributed by atoms with van der Waals surface area (Å²) in [5.41, 5.74) is 3.43. The van der Waals surface area contributed by atoms with Crippen LogP contribution in [0.4, 0.5) is 0 Å². The minimum atomic E-state index is -0.912. The minimum Gasteiger partial charge on any atom is -0.477 e. The summed E-state index contributed by atoms with van der Waals surface area (Å²) in [4.78, 5) is 11.0. The zero-order chi connectivity index (χ0) is 11.7. The molecule has 0 atom stereocenters. The number of benzene rings is 1. The highest BCUT2D eigenvalue weighted by Gasteiger charge is 2.11. The molecule has 0 fully saturated rings. The Balaban J connectivity index is 2.59. The Labute approximate surface area is 94.0 Å². The van der Waals surface area contributed by atoms with E-state index in [-0.39, 0.29) is 5.69 Å². The molecule has 16 heavy (non-hydrogen) atoms. The first kappa shape index (κ1) is 10.5. The van der Waals surface area contributed by atoms with Gasteiger partial charge in [-0.05, 0) is 37.6 Å². The summed E-state index contributed by atoms with van der Waals surface area (Å²) in [7, 11) is 0. The third kappa shape index (κ3) is 1.72. The smallest absolute Gasteiger partial charge is 0.352 e. The maximum atomic E-state index is 11.0. The Hall–Kier alpha value is -2.03. The van der Waals surface area contributed by atoms with Gasteiger partial charge in [-0.2, -0.15) is 0 Å². The topological polar surface area (TPSA) is 42.2 Å². The molecule has 2 aromatic rings. The van der Waals surface area contributed by atoms with Crippen LogP contribution in [-0.4, -0.2) is 15.6 Å². The van der Waals surface area contributed by atoms with E-state index in [0.717, 1.165) is 11.3 Å². The van der Waals surface area contributed by atoms with Crippen molar-refractivity contribution in [3.8, 4) is 5.69 Å². The van der Waals surface area contributed by atoms with E-state index in [4.69, 9.17) is 5.11 Å². The van der Waals surface area contributed by atoms with Crippen molar-refractivity contribution in [1.82, 2.24) is 4.57 Å². The number of hydrogen-bond acceptors (Lipinski definition) is 1.